The van der Waals surface area contributed by atoms with E-state index < -0.39 is 5.97 Å². The van der Waals surface area contributed by atoms with Crippen LogP contribution in [0, 0.1) is 0 Å². The zero-order chi connectivity index (χ0) is 11.8. The smallest absolute Gasteiger partial charge is 0.312 e. The molecular formula is C12H15NO3S. The van der Waals surface area contributed by atoms with Gasteiger partial charge in [0, 0.05) is 17.9 Å². The second-order valence-corrected chi connectivity index (χ2v) is 5.85. The maximum atomic E-state index is 11.1. The topological polar surface area (TPSA) is 59.4 Å². The fraction of sp³-hybridized carbons (Fsp3) is 0.667. The molecule has 3 rings (SSSR count). The number of rotatable bonds is 3. The third kappa shape index (κ3) is 2.09. The molecule has 0 aromatic carbocycles. The summed E-state index contributed by atoms with van der Waals surface area (Å²) in [5, 5.41) is 10.1. The SMILES string of the molecule is O=C(O)C1CCc2sc(CC3CCCO3)nc21. The van der Waals surface area contributed by atoms with Crippen molar-refractivity contribution in [3.8, 4) is 0 Å². The molecule has 1 fully saturated rings. The average Bonchev–Trinajstić information content (AvgIpc) is 2.92. The third-order valence-electron chi connectivity index (χ3n) is 3.49. The minimum Gasteiger partial charge on any atom is -0.481 e. The fourth-order valence-electron chi connectivity index (χ4n) is 2.61. The lowest BCUT2D eigenvalue weighted by Gasteiger charge is -2.06. The van der Waals surface area contributed by atoms with Gasteiger partial charge in [-0.2, -0.15) is 0 Å². The largest absolute Gasteiger partial charge is 0.481 e. The van der Waals surface area contributed by atoms with Crippen LogP contribution in [0.2, 0.25) is 0 Å². The van der Waals surface area contributed by atoms with Crippen molar-refractivity contribution in [1.82, 2.24) is 4.98 Å². The van der Waals surface area contributed by atoms with Crippen molar-refractivity contribution in [2.24, 2.45) is 0 Å². The Morgan fingerprint density at radius 2 is 2.41 bits per heavy atom. The van der Waals surface area contributed by atoms with Gasteiger partial charge >= 0.3 is 5.97 Å². The van der Waals surface area contributed by atoms with Gasteiger partial charge in [0.05, 0.1) is 16.8 Å². The summed E-state index contributed by atoms with van der Waals surface area (Å²) in [6.45, 7) is 0.855. The molecule has 0 radical (unpaired) electrons. The number of aliphatic carboxylic acids is 1. The Morgan fingerprint density at radius 1 is 1.53 bits per heavy atom. The number of thiazole rings is 1. The fourth-order valence-corrected chi connectivity index (χ4v) is 3.82. The molecule has 2 unspecified atom stereocenters. The molecule has 0 bridgehead atoms. The first-order chi connectivity index (χ1) is 8.24. The first kappa shape index (κ1) is 11.2. The Kier molecular flexibility index (Phi) is 2.88. The number of nitrogens with zero attached hydrogens (tertiary/aromatic N) is 1. The molecule has 0 spiro atoms. The van der Waals surface area contributed by atoms with Crippen LogP contribution < -0.4 is 0 Å². The normalized spacial score (nSPS) is 27.3. The molecule has 17 heavy (non-hydrogen) atoms. The molecule has 4 nitrogen and oxygen atoms in total. The maximum Gasteiger partial charge on any atom is 0.312 e. The van der Waals surface area contributed by atoms with Crippen molar-refractivity contribution in [3.63, 3.8) is 0 Å². The van der Waals surface area contributed by atoms with Crippen LogP contribution in [0.4, 0.5) is 0 Å². The molecule has 92 valence electrons. The third-order valence-corrected chi connectivity index (χ3v) is 4.64. The van der Waals surface area contributed by atoms with Gasteiger partial charge in [-0.05, 0) is 25.7 Å². The lowest BCUT2D eigenvalue weighted by Crippen LogP contribution is -2.11. The van der Waals surface area contributed by atoms with Gasteiger partial charge in [-0.3, -0.25) is 4.79 Å². The van der Waals surface area contributed by atoms with Crippen LogP contribution >= 0.6 is 11.3 Å². The van der Waals surface area contributed by atoms with E-state index in [0.717, 1.165) is 43.0 Å². The van der Waals surface area contributed by atoms with Gasteiger partial charge in [0.15, 0.2) is 0 Å². The summed E-state index contributed by atoms with van der Waals surface area (Å²) in [5.74, 6) is -1.11. The highest BCUT2D eigenvalue weighted by Gasteiger charge is 2.32. The van der Waals surface area contributed by atoms with Crippen molar-refractivity contribution in [2.45, 2.75) is 44.1 Å². The van der Waals surface area contributed by atoms with Crippen molar-refractivity contribution in [2.75, 3.05) is 6.61 Å². The molecule has 2 heterocycles. The molecule has 1 aliphatic heterocycles. The predicted octanol–water partition coefficient (Wildman–Crippen LogP) is 1.98. The molecule has 0 amide bonds. The van der Waals surface area contributed by atoms with E-state index in [1.807, 2.05) is 0 Å². The van der Waals surface area contributed by atoms with Gasteiger partial charge in [-0.1, -0.05) is 0 Å². The highest BCUT2D eigenvalue weighted by molar-refractivity contribution is 7.11. The quantitative estimate of drug-likeness (QED) is 0.894. The van der Waals surface area contributed by atoms with Crippen LogP contribution in [0.3, 0.4) is 0 Å². The van der Waals surface area contributed by atoms with Crippen LogP contribution in [0.25, 0.3) is 0 Å². The lowest BCUT2D eigenvalue weighted by atomic mass is 10.1. The summed E-state index contributed by atoms with van der Waals surface area (Å²) in [5.41, 5.74) is 0.815. The zero-order valence-corrected chi connectivity index (χ0v) is 10.3. The van der Waals surface area contributed by atoms with Gasteiger partial charge in [0.25, 0.3) is 0 Å². The van der Waals surface area contributed by atoms with Crippen LogP contribution in [0.5, 0.6) is 0 Å². The number of aromatic nitrogens is 1. The highest BCUT2D eigenvalue weighted by atomic mass is 32.1. The van der Waals surface area contributed by atoms with Gasteiger partial charge in [-0.15, -0.1) is 11.3 Å². The minimum atomic E-state index is -0.738. The Bertz CT molecular complexity index is 437. The van der Waals surface area contributed by atoms with Crippen molar-refractivity contribution < 1.29 is 14.6 Å². The number of ether oxygens (including phenoxy) is 1. The molecule has 2 atom stereocenters. The van der Waals surface area contributed by atoms with Crippen LogP contribution in [-0.4, -0.2) is 28.8 Å². The van der Waals surface area contributed by atoms with E-state index in [1.54, 1.807) is 11.3 Å². The van der Waals surface area contributed by atoms with E-state index in [2.05, 4.69) is 4.98 Å². The van der Waals surface area contributed by atoms with E-state index >= 15 is 0 Å². The summed E-state index contributed by atoms with van der Waals surface area (Å²) >= 11 is 1.68. The molecular weight excluding hydrogens is 238 g/mol. The standard InChI is InChI=1S/C12H15NO3S/c14-12(15)8-3-4-9-11(8)13-10(17-9)6-7-2-1-5-16-7/h7-8H,1-6H2,(H,14,15). The van der Waals surface area contributed by atoms with E-state index in [-0.39, 0.29) is 5.92 Å². The van der Waals surface area contributed by atoms with E-state index in [1.165, 1.54) is 4.88 Å². The number of hydrogen-bond donors (Lipinski definition) is 1. The second kappa shape index (κ2) is 4.38. The highest BCUT2D eigenvalue weighted by Crippen LogP contribution is 2.37. The van der Waals surface area contributed by atoms with Crippen molar-refractivity contribution in [1.29, 1.82) is 0 Å². The molecule has 1 saturated heterocycles. The van der Waals surface area contributed by atoms with Crippen LogP contribution in [-0.2, 0) is 22.4 Å². The lowest BCUT2D eigenvalue weighted by molar-refractivity contribution is -0.138. The number of carboxylic acids is 1. The molecule has 0 saturated carbocycles. The van der Waals surface area contributed by atoms with E-state index in [0.29, 0.717) is 12.5 Å². The average molecular weight is 253 g/mol. The van der Waals surface area contributed by atoms with Gasteiger partial charge in [0.1, 0.15) is 5.92 Å². The van der Waals surface area contributed by atoms with Gasteiger partial charge in [-0.25, -0.2) is 4.98 Å². The van der Waals surface area contributed by atoms with Crippen LogP contribution in [0.1, 0.15) is 40.8 Å². The Morgan fingerprint density at radius 3 is 3.12 bits per heavy atom. The second-order valence-electron chi connectivity index (χ2n) is 4.68. The first-order valence-electron chi connectivity index (χ1n) is 6.07. The molecule has 1 aromatic heterocycles. The van der Waals surface area contributed by atoms with Crippen molar-refractivity contribution >= 4 is 17.3 Å². The number of aryl methyl sites for hydroxylation is 1. The Balaban J connectivity index is 1.76. The van der Waals surface area contributed by atoms with Crippen LogP contribution in [0.15, 0.2) is 0 Å². The summed E-state index contributed by atoms with van der Waals surface area (Å²) in [6.07, 6.45) is 4.97. The summed E-state index contributed by atoms with van der Waals surface area (Å²) < 4.78 is 5.58. The predicted molar refractivity (Wildman–Crippen MR) is 63.5 cm³/mol. The molecule has 1 aromatic rings. The van der Waals surface area contributed by atoms with E-state index in [4.69, 9.17) is 9.84 Å². The molecule has 5 heteroatoms. The van der Waals surface area contributed by atoms with Gasteiger partial charge in [0.2, 0.25) is 0 Å². The van der Waals surface area contributed by atoms with E-state index in [9.17, 15) is 4.79 Å². The first-order valence-corrected chi connectivity index (χ1v) is 6.88. The molecule has 1 aliphatic carbocycles. The zero-order valence-electron chi connectivity index (χ0n) is 9.52. The van der Waals surface area contributed by atoms with Gasteiger partial charge < -0.3 is 9.84 Å². The van der Waals surface area contributed by atoms with Crippen molar-refractivity contribution in [3.05, 3.63) is 15.6 Å². The summed E-state index contributed by atoms with van der Waals surface area (Å²) in [6, 6.07) is 0. The summed E-state index contributed by atoms with van der Waals surface area (Å²) in [4.78, 5) is 16.7. The number of carboxylic acid groups (broad SMARTS) is 1. The Hall–Kier alpha value is -0.940. The molecule has 2 aliphatic rings. The minimum absolute atomic E-state index is 0.296. The summed E-state index contributed by atoms with van der Waals surface area (Å²) in [7, 11) is 0. The molecule has 1 N–H and O–H groups in total. The Labute approximate surface area is 104 Å². The monoisotopic (exact) mass is 253 g/mol. The maximum absolute atomic E-state index is 11.1. The number of hydrogen-bond acceptors (Lipinski definition) is 4. The number of carbonyl (C=O) groups is 1. The number of fused-ring (bicyclic) bond motifs is 1.